The zero-order chi connectivity index (χ0) is 19.9. The second-order valence-corrected chi connectivity index (χ2v) is 6.27. The summed E-state index contributed by atoms with van der Waals surface area (Å²) in [4.78, 5) is 29.6. The normalized spacial score (nSPS) is 10.4. The lowest BCUT2D eigenvalue weighted by molar-refractivity contribution is -0.130. The molecule has 2 aromatic carbocycles. The summed E-state index contributed by atoms with van der Waals surface area (Å²) in [7, 11) is 3.31. The van der Waals surface area contributed by atoms with Crippen molar-refractivity contribution in [3.63, 3.8) is 0 Å². The summed E-state index contributed by atoms with van der Waals surface area (Å²) < 4.78 is 11.1. The molecule has 0 unspecified atom stereocenters. The van der Waals surface area contributed by atoms with Gasteiger partial charge in [0, 0.05) is 25.2 Å². The number of likely N-dealkylation sites (N-methyl/N-ethyl adjacent to an activating group) is 1. The smallest absolute Gasteiger partial charge is 0.259 e. The van der Waals surface area contributed by atoms with Crippen molar-refractivity contribution < 1.29 is 18.7 Å². The number of hydrogen-bond donors (Lipinski definition) is 1. The van der Waals surface area contributed by atoms with Crippen molar-refractivity contribution in [2.45, 2.75) is 6.54 Å². The van der Waals surface area contributed by atoms with Crippen LogP contribution in [-0.2, 0) is 11.3 Å². The number of oxazole rings is 1. The number of benzene rings is 2. The van der Waals surface area contributed by atoms with Crippen LogP contribution in [0.5, 0.6) is 5.75 Å². The lowest BCUT2D eigenvalue weighted by Gasteiger charge is -2.12. The monoisotopic (exact) mass is 379 g/mol. The van der Waals surface area contributed by atoms with Crippen molar-refractivity contribution in [3.8, 4) is 17.1 Å². The second-order valence-electron chi connectivity index (χ2n) is 6.27. The SMILES string of the molecule is CN(C)C(=O)COc1cccc(C(=O)NCc2ncc(-c3ccccc3)o2)c1. The van der Waals surface area contributed by atoms with E-state index >= 15 is 0 Å². The molecular weight excluding hydrogens is 358 g/mol. The number of aromatic nitrogens is 1. The zero-order valence-electron chi connectivity index (χ0n) is 15.7. The number of amides is 2. The van der Waals surface area contributed by atoms with E-state index in [1.165, 1.54) is 4.90 Å². The number of hydrogen-bond acceptors (Lipinski definition) is 5. The second kappa shape index (κ2) is 8.85. The maximum atomic E-state index is 12.4. The van der Waals surface area contributed by atoms with Crippen molar-refractivity contribution >= 4 is 11.8 Å². The van der Waals surface area contributed by atoms with E-state index in [2.05, 4.69) is 10.3 Å². The third-order valence-corrected chi connectivity index (χ3v) is 3.97. The molecule has 28 heavy (non-hydrogen) atoms. The van der Waals surface area contributed by atoms with E-state index in [1.54, 1.807) is 44.6 Å². The van der Waals surface area contributed by atoms with Gasteiger partial charge in [-0.3, -0.25) is 9.59 Å². The Labute approximate surface area is 162 Å². The van der Waals surface area contributed by atoms with Crippen LogP contribution in [0.2, 0.25) is 0 Å². The minimum absolute atomic E-state index is 0.0867. The van der Waals surface area contributed by atoms with E-state index in [1.807, 2.05) is 30.3 Å². The van der Waals surface area contributed by atoms with Crippen LogP contribution >= 0.6 is 0 Å². The molecule has 0 saturated carbocycles. The summed E-state index contributed by atoms with van der Waals surface area (Å²) in [6.07, 6.45) is 1.63. The van der Waals surface area contributed by atoms with Gasteiger partial charge in [0.05, 0.1) is 12.7 Å². The van der Waals surface area contributed by atoms with Gasteiger partial charge in [-0.25, -0.2) is 4.98 Å². The van der Waals surface area contributed by atoms with Crippen LogP contribution in [-0.4, -0.2) is 42.4 Å². The standard InChI is InChI=1S/C21H21N3O4/c1-24(2)20(25)14-27-17-10-6-9-16(11-17)21(26)23-13-19-22-12-18(28-19)15-7-4-3-5-8-15/h3-12H,13-14H2,1-2H3,(H,23,26). The van der Waals surface area contributed by atoms with Crippen molar-refractivity contribution in [1.29, 1.82) is 0 Å². The summed E-state index contributed by atoms with van der Waals surface area (Å²) in [5, 5.41) is 2.76. The van der Waals surface area contributed by atoms with Gasteiger partial charge in [-0.05, 0) is 18.2 Å². The average Bonchev–Trinajstić information content (AvgIpc) is 3.20. The molecule has 1 aromatic heterocycles. The first-order valence-electron chi connectivity index (χ1n) is 8.74. The Hall–Kier alpha value is -3.61. The highest BCUT2D eigenvalue weighted by Crippen LogP contribution is 2.19. The van der Waals surface area contributed by atoms with Crippen LogP contribution in [0.4, 0.5) is 0 Å². The predicted molar refractivity (Wildman–Crippen MR) is 104 cm³/mol. The number of nitrogens with one attached hydrogen (secondary N) is 1. The Bertz CT molecular complexity index is 951. The minimum Gasteiger partial charge on any atom is -0.484 e. The van der Waals surface area contributed by atoms with Gasteiger partial charge < -0.3 is 19.4 Å². The molecule has 0 aliphatic carbocycles. The summed E-state index contributed by atoms with van der Waals surface area (Å²) in [5.74, 6) is 1.06. The number of carbonyl (C=O) groups excluding carboxylic acids is 2. The Morgan fingerprint density at radius 2 is 1.89 bits per heavy atom. The molecule has 7 heteroatoms. The van der Waals surface area contributed by atoms with Crippen LogP contribution in [0.25, 0.3) is 11.3 Å². The molecule has 2 amide bonds. The van der Waals surface area contributed by atoms with Crippen molar-refractivity contribution in [2.75, 3.05) is 20.7 Å². The van der Waals surface area contributed by atoms with Gasteiger partial charge in [-0.15, -0.1) is 0 Å². The van der Waals surface area contributed by atoms with Gasteiger partial charge in [0.1, 0.15) is 5.75 Å². The third kappa shape index (κ3) is 4.97. The fourth-order valence-electron chi connectivity index (χ4n) is 2.39. The van der Waals surface area contributed by atoms with E-state index in [0.29, 0.717) is 23.0 Å². The number of ether oxygens (including phenoxy) is 1. The molecule has 7 nitrogen and oxygen atoms in total. The Balaban J connectivity index is 1.57. The molecule has 0 atom stereocenters. The lowest BCUT2D eigenvalue weighted by atomic mass is 10.2. The molecule has 0 spiro atoms. The van der Waals surface area contributed by atoms with Crippen molar-refractivity contribution in [1.82, 2.24) is 15.2 Å². The molecule has 3 rings (SSSR count). The summed E-state index contributed by atoms with van der Waals surface area (Å²) >= 11 is 0. The Kier molecular flexibility index (Phi) is 6.06. The van der Waals surface area contributed by atoms with E-state index in [-0.39, 0.29) is 25.0 Å². The molecule has 0 aliphatic heterocycles. The van der Waals surface area contributed by atoms with Crippen LogP contribution in [0.3, 0.4) is 0 Å². The number of nitrogens with zero attached hydrogens (tertiary/aromatic N) is 2. The zero-order valence-corrected chi connectivity index (χ0v) is 15.7. The maximum Gasteiger partial charge on any atom is 0.259 e. The van der Waals surface area contributed by atoms with Crippen LogP contribution < -0.4 is 10.1 Å². The number of carbonyl (C=O) groups is 2. The third-order valence-electron chi connectivity index (χ3n) is 3.97. The molecule has 0 saturated heterocycles. The van der Waals surface area contributed by atoms with Crippen molar-refractivity contribution in [3.05, 3.63) is 72.2 Å². The van der Waals surface area contributed by atoms with Crippen LogP contribution in [0.1, 0.15) is 16.2 Å². The largest absolute Gasteiger partial charge is 0.484 e. The van der Waals surface area contributed by atoms with E-state index in [0.717, 1.165) is 5.56 Å². The molecule has 1 heterocycles. The molecule has 3 aromatic rings. The van der Waals surface area contributed by atoms with E-state index in [4.69, 9.17) is 9.15 Å². The van der Waals surface area contributed by atoms with Gasteiger partial charge in [0.2, 0.25) is 5.89 Å². The lowest BCUT2D eigenvalue weighted by Crippen LogP contribution is -2.27. The van der Waals surface area contributed by atoms with E-state index < -0.39 is 0 Å². The van der Waals surface area contributed by atoms with Crippen LogP contribution in [0, 0.1) is 0 Å². The van der Waals surface area contributed by atoms with Crippen LogP contribution in [0.15, 0.2) is 65.2 Å². The summed E-state index contributed by atoms with van der Waals surface area (Å²) in [6.45, 7) is 0.0759. The van der Waals surface area contributed by atoms with Gasteiger partial charge >= 0.3 is 0 Å². The van der Waals surface area contributed by atoms with Gasteiger partial charge in [0.25, 0.3) is 11.8 Å². The van der Waals surface area contributed by atoms with E-state index in [9.17, 15) is 9.59 Å². The maximum absolute atomic E-state index is 12.4. The first kappa shape index (κ1) is 19.2. The minimum atomic E-state index is -0.288. The first-order valence-corrected chi connectivity index (χ1v) is 8.74. The highest BCUT2D eigenvalue weighted by atomic mass is 16.5. The van der Waals surface area contributed by atoms with Gasteiger partial charge in [-0.1, -0.05) is 36.4 Å². The molecule has 1 N–H and O–H groups in total. The van der Waals surface area contributed by atoms with Crippen molar-refractivity contribution in [2.24, 2.45) is 0 Å². The molecule has 144 valence electrons. The van der Waals surface area contributed by atoms with Gasteiger partial charge in [0.15, 0.2) is 12.4 Å². The molecular formula is C21H21N3O4. The highest BCUT2D eigenvalue weighted by Gasteiger charge is 2.11. The fraction of sp³-hybridized carbons (Fsp3) is 0.190. The highest BCUT2D eigenvalue weighted by molar-refractivity contribution is 5.94. The Morgan fingerprint density at radius 1 is 1.11 bits per heavy atom. The predicted octanol–water partition coefficient (Wildman–Crippen LogP) is 2.74. The quantitative estimate of drug-likeness (QED) is 0.682. The fourth-order valence-corrected chi connectivity index (χ4v) is 2.39. The first-order chi connectivity index (χ1) is 13.5. The Morgan fingerprint density at radius 3 is 2.64 bits per heavy atom. The summed E-state index contributed by atoms with van der Waals surface area (Å²) in [5.41, 5.74) is 1.34. The average molecular weight is 379 g/mol. The molecule has 0 radical (unpaired) electrons. The molecule has 0 bridgehead atoms. The topological polar surface area (TPSA) is 84.7 Å². The van der Waals surface area contributed by atoms with Gasteiger partial charge in [-0.2, -0.15) is 0 Å². The number of rotatable bonds is 7. The molecule has 0 fully saturated rings. The summed E-state index contributed by atoms with van der Waals surface area (Å²) in [6, 6.07) is 16.3. The molecule has 0 aliphatic rings.